The van der Waals surface area contributed by atoms with Gasteiger partial charge in [0.05, 0.1) is 5.56 Å². The van der Waals surface area contributed by atoms with Crippen LogP contribution >= 0.6 is 0 Å². The molecule has 0 bridgehead atoms. The van der Waals surface area contributed by atoms with Crippen molar-refractivity contribution < 1.29 is 21.6 Å². The number of rotatable bonds is 4. The molecule has 0 saturated carbocycles. The van der Waals surface area contributed by atoms with Crippen LogP contribution in [0, 0.1) is 0 Å². The first-order valence-corrected chi connectivity index (χ1v) is 6.75. The van der Waals surface area contributed by atoms with Gasteiger partial charge in [0.25, 0.3) is 10.2 Å². The summed E-state index contributed by atoms with van der Waals surface area (Å²) in [6.07, 6.45) is -4.39. The molecule has 0 amide bonds. The minimum atomic E-state index is -4.39. The molecule has 0 N–H and O–H groups in total. The Morgan fingerprint density at radius 3 is 1.89 bits per heavy atom. The van der Waals surface area contributed by atoms with Crippen LogP contribution in [-0.4, -0.2) is 38.2 Å². The Labute approximate surface area is 110 Å². The monoisotopic (exact) mass is 296 g/mol. The van der Waals surface area contributed by atoms with E-state index in [-0.39, 0.29) is 6.54 Å². The fourth-order valence-corrected chi connectivity index (χ4v) is 2.29. The second-order valence-corrected chi connectivity index (χ2v) is 6.49. The van der Waals surface area contributed by atoms with E-state index in [2.05, 4.69) is 0 Å². The summed E-state index contributed by atoms with van der Waals surface area (Å²) in [5.74, 6) is 0. The van der Waals surface area contributed by atoms with Crippen LogP contribution in [0.25, 0.3) is 0 Å². The maximum absolute atomic E-state index is 12.4. The van der Waals surface area contributed by atoms with E-state index in [9.17, 15) is 21.6 Å². The van der Waals surface area contributed by atoms with Gasteiger partial charge in [-0.1, -0.05) is 12.1 Å². The highest BCUT2D eigenvalue weighted by molar-refractivity contribution is 7.86. The Balaban J connectivity index is 2.85. The van der Waals surface area contributed by atoms with Gasteiger partial charge in [0.1, 0.15) is 0 Å². The van der Waals surface area contributed by atoms with Crippen LogP contribution < -0.4 is 0 Å². The molecule has 19 heavy (non-hydrogen) atoms. The quantitative estimate of drug-likeness (QED) is 0.852. The minimum absolute atomic E-state index is 0.0126. The molecule has 0 aliphatic rings. The van der Waals surface area contributed by atoms with Crippen molar-refractivity contribution in [3.63, 3.8) is 0 Å². The van der Waals surface area contributed by atoms with E-state index in [1.165, 1.54) is 33.3 Å². The number of hydrogen-bond acceptors (Lipinski definition) is 2. The molecule has 0 radical (unpaired) electrons. The van der Waals surface area contributed by atoms with Crippen molar-refractivity contribution >= 4 is 10.2 Å². The topological polar surface area (TPSA) is 40.6 Å². The van der Waals surface area contributed by atoms with Crippen molar-refractivity contribution in [2.75, 3.05) is 21.1 Å². The largest absolute Gasteiger partial charge is 0.416 e. The van der Waals surface area contributed by atoms with Crippen molar-refractivity contribution in [1.29, 1.82) is 0 Å². The lowest BCUT2D eigenvalue weighted by atomic mass is 10.1. The minimum Gasteiger partial charge on any atom is -0.195 e. The van der Waals surface area contributed by atoms with E-state index in [4.69, 9.17) is 0 Å². The standard InChI is InChI=1S/C11H15F3N2O2S/c1-15(2)19(17,18)16(3)8-9-4-6-10(7-5-9)11(12,13)14/h4-7H,8H2,1-3H3. The summed E-state index contributed by atoms with van der Waals surface area (Å²) in [6.45, 7) is 0.0126. The Hall–Kier alpha value is -1.12. The molecule has 0 heterocycles. The van der Waals surface area contributed by atoms with E-state index in [1.807, 2.05) is 0 Å². The molecule has 108 valence electrons. The molecule has 4 nitrogen and oxygen atoms in total. The second-order valence-electron chi connectivity index (χ2n) is 4.24. The van der Waals surface area contributed by atoms with Crippen LogP contribution in [0.1, 0.15) is 11.1 Å². The number of nitrogens with zero attached hydrogens (tertiary/aromatic N) is 2. The maximum atomic E-state index is 12.4. The summed E-state index contributed by atoms with van der Waals surface area (Å²) in [5.41, 5.74) is -0.268. The molecule has 0 aromatic heterocycles. The summed E-state index contributed by atoms with van der Waals surface area (Å²) in [5, 5.41) is 0. The molecule has 0 saturated heterocycles. The van der Waals surface area contributed by atoms with E-state index >= 15 is 0 Å². The van der Waals surface area contributed by atoms with Gasteiger partial charge < -0.3 is 0 Å². The van der Waals surface area contributed by atoms with Crippen LogP contribution in [0.3, 0.4) is 0 Å². The highest BCUT2D eigenvalue weighted by atomic mass is 32.2. The van der Waals surface area contributed by atoms with Gasteiger partial charge in [0, 0.05) is 27.7 Å². The summed E-state index contributed by atoms with van der Waals surface area (Å²) in [4.78, 5) is 0. The molecular formula is C11H15F3N2O2S. The molecule has 0 spiro atoms. The average molecular weight is 296 g/mol. The predicted octanol–water partition coefficient (Wildman–Crippen LogP) is 1.94. The molecule has 0 atom stereocenters. The van der Waals surface area contributed by atoms with Gasteiger partial charge in [-0.2, -0.15) is 30.2 Å². The van der Waals surface area contributed by atoms with Gasteiger partial charge in [-0.05, 0) is 17.7 Å². The third-order valence-corrected chi connectivity index (χ3v) is 4.38. The van der Waals surface area contributed by atoms with Gasteiger partial charge in [0.2, 0.25) is 0 Å². The zero-order valence-corrected chi connectivity index (χ0v) is 11.6. The van der Waals surface area contributed by atoms with Crippen molar-refractivity contribution in [2.24, 2.45) is 0 Å². The molecule has 1 aromatic rings. The van der Waals surface area contributed by atoms with Crippen LogP contribution in [0.5, 0.6) is 0 Å². The summed E-state index contributed by atoms with van der Waals surface area (Å²) in [6, 6.07) is 4.41. The van der Waals surface area contributed by atoms with Crippen LogP contribution in [0.4, 0.5) is 13.2 Å². The highest BCUT2D eigenvalue weighted by Gasteiger charge is 2.30. The third kappa shape index (κ3) is 3.92. The molecule has 0 fully saturated rings. The van der Waals surface area contributed by atoms with Crippen molar-refractivity contribution in [3.05, 3.63) is 35.4 Å². The van der Waals surface area contributed by atoms with E-state index in [1.54, 1.807) is 0 Å². The van der Waals surface area contributed by atoms with E-state index < -0.39 is 21.9 Å². The highest BCUT2D eigenvalue weighted by Crippen LogP contribution is 2.29. The van der Waals surface area contributed by atoms with Crippen LogP contribution in [0.2, 0.25) is 0 Å². The van der Waals surface area contributed by atoms with Crippen LogP contribution in [0.15, 0.2) is 24.3 Å². The Morgan fingerprint density at radius 1 is 1.05 bits per heavy atom. The lowest BCUT2D eigenvalue weighted by Gasteiger charge is -2.21. The van der Waals surface area contributed by atoms with Crippen LogP contribution in [-0.2, 0) is 22.9 Å². The van der Waals surface area contributed by atoms with Gasteiger partial charge in [0.15, 0.2) is 0 Å². The number of hydrogen-bond donors (Lipinski definition) is 0. The van der Waals surface area contributed by atoms with Crippen molar-refractivity contribution in [1.82, 2.24) is 8.61 Å². The normalized spacial score (nSPS) is 13.3. The van der Waals surface area contributed by atoms with Crippen molar-refractivity contribution in [3.8, 4) is 0 Å². The predicted molar refractivity (Wildman–Crippen MR) is 65.5 cm³/mol. The fourth-order valence-electron chi connectivity index (χ4n) is 1.42. The first-order valence-electron chi connectivity index (χ1n) is 5.35. The Bertz CT molecular complexity index is 524. The molecule has 0 aliphatic carbocycles. The third-order valence-electron chi connectivity index (χ3n) is 2.54. The SMILES string of the molecule is CN(C)S(=O)(=O)N(C)Cc1ccc(C(F)(F)F)cc1. The summed E-state index contributed by atoms with van der Waals surface area (Å²) < 4.78 is 62.7. The molecule has 1 aromatic carbocycles. The van der Waals surface area contributed by atoms with Gasteiger partial charge in [-0.3, -0.25) is 0 Å². The maximum Gasteiger partial charge on any atom is 0.416 e. The Morgan fingerprint density at radius 2 is 1.53 bits per heavy atom. The number of halogens is 3. The summed E-state index contributed by atoms with van der Waals surface area (Å²) in [7, 11) is 0.574. The molecule has 8 heteroatoms. The van der Waals surface area contributed by atoms with Gasteiger partial charge in [-0.25, -0.2) is 0 Å². The van der Waals surface area contributed by atoms with Crippen molar-refractivity contribution in [2.45, 2.75) is 12.7 Å². The summed E-state index contributed by atoms with van der Waals surface area (Å²) >= 11 is 0. The smallest absolute Gasteiger partial charge is 0.195 e. The second kappa shape index (κ2) is 5.48. The molecule has 0 aliphatic heterocycles. The zero-order chi connectivity index (χ0) is 14.8. The first kappa shape index (κ1) is 15.9. The molecule has 0 unspecified atom stereocenters. The van der Waals surface area contributed by atoms with E-state index in [0.717, 1.165) is 20.7 Å². The van der Waals surface area contributed by atoms with Gasteiger partial charge >= 0.3 is 6.18 Å². The Kier molecular flexibility index (Phi) is 4.59. The van der Waals surface area contributed by atoms with E-state index in [0.29, 0.717) is 5.56 Å². The lowest BCUT2D eigenvalue weighted by Crippen LogP contribution is -2.36. The number of alkyl halides is 3. The van der Waals surface area contributed by atoms with Gasteiger partial charge in [-0.15, -0.1) is 0 Å². The average Bonchev–Trinajstić information content (AvgIpc) is 2.28. The zero-order valence-electron chi connectivity index (χ0n) is 10.8. The number of benzene rings is 1. The molecule has 1 rings (SSSR count). The first-order chi connectivity index (χ1) is 8.55. The molecular weight excluding hydrogens is 281 g/mol. The fraction of sp³-hybridized carbons (Fsp3) is 0.455. The lowest BCUT2D eigenvalue weighted by molar-refractivity contribution is -0.137.